The van der Waals surface area contributed by atoms with Crippen LogP contribution in [0, 0.1) is 11.5 Å². The maximum absolute atomic E-state index is 13.8. The van der Waals surface area contributed by atoms with Crippen LogP contribution in [-0.4, -0.2) is 12.5 Å². The second-order valence-electron chi connectivity index (χ2n) is 12.2. The Balaban J connectivity index is 1.87. The van der Waals surface area contributed by atoms with E-state index in [0.717, 1.165) is 43.9 Å². The van der Waals surface area contributed by atoms with Crippen molar-refractivity contribution < 1.29 is 0 Å². The lowest BCUT2D eigenvalue weighted by atomic mass is 9.91. The molecule has 0 amide bonds. The molecule has 0 saturated heterocycles. The molecule has 3 heteroatoms. The Bertz CT molecular complexity index is 2050. The predicted octanol–water partition coefficient (Wildman–Crippen LogP) is 10.00. The number of pyridine rings is 2. The molecule has 0 fully saturated rings. The summed E-state index contributed by atoms with van der Waals surface area (Å²) >= 11 is 0. The van der Waals surface area contributed by atoms with Crippen LogP contribution < -0.4 is 5.56 Å². The van der Waals surface area contributed by atoms with Gasteiger partial charge in [0.1, 0.15) is 8.07 Å². The molecule has 4 aromatic carbocycles. The molecule has 41 heavy (non-hydrogen) atoms. The van der Waals surface area contributed by atoms with Crippen LogP contribution in [-0.2, 0) is 0 Å². The van der Waals surface area contributed by atoms with E-state index in [4.69, 9.17) is 0 Å². The van der Waals surface area contributed by atoms with Gasteiger partial charge >= 0.3 is 0 Å². The number of nitrogens with zero attached hydrogens (tertiary/aromatic N) is 1. The fourth-order valence-electron chi connectivity index (χ4n) is 7.33. The number of aromatic nitrogens is 1. The molecule has 6 aromatic rings. The second-order valence-corrected chi connectivity index (χ2v) is 17.8. The summed E-state index contributed by atoms with van der Waals surface area (Å²) in [7, 11) is -2.05. The number of fused-ring (bicyclic) bond motifs is 6. The zero-order chi connectivity index (χ0) is 28.9. The van der Waals surface area contributed by atoms with Gasteiger partial charge in [0.05, 0.1) is 16.8 Å². The Hall–Kier alpha value is -4.13. The van der Waals surface area contributed by atoms with E-state index in [2.05, 4.69) is 138 Å². The number of benzene rings is 4. The molecule has 0 unspecified atom stereocenters. The van der Waals surface area contributed by atoms with E-state index < -0.39 is 8.07 Å². The van der Waals surface area contributed by atoms with Crippen molar-refractivity contribution >= 4 is 45.9 Å². The van der Waals surface area contributed by atoms with Gasteiger partial charge in [0.2, 0.25) is 0 Å². The maximum Gasteiger partial charge on any atom is 0.255 e. The van der Waals surface area contributed by atoms with Crippen molar-refractivity contribution in [3.63, 3.8) is 0 Å². The average Bonchev–Trinajstić information content (AvgIpc) is 2.97. The van der Waals surface area contributed by atoms with Crippen molar-refractivity contribution in [2.75, 3.05) is 0 Å². The van der Waals surface area contributed by atoms with Crippen molar-refractivity contribution in [3.05, 3.63) is 113 Å². The molecule has 6 rings (SSSR count). The van der Waals surface area contributed by atoms with E-state index in [1.54, 1.807) is 6.07 Å². The van der Waals surface area contributed by atoms with Crippen LogP contribution in [0.25, 0.3) is 49.1 Å². The molecule has 0 N–H and O–H groups in total. The minimum absolute atomic E-state index is 0.0383. The van der Waals surface area contributed by atoms with Gasteiger partial charge in [-0.15, -0.1) is 5.54 Å². The molecular formula is C38H37NOSi. The summed E-state index contributed by atoms with van der Waals surface area (Å²) in [4.78, 5) is 13.8. The summed E-state index contributed by atoms with van der Waals surface area (Å²) in [5, 5.41) is 6.82. The van der Waals surface area contributed by atoms with E-state index in [-0.39, 0.29) is 5.56 Å². The van der Waals surface area contributed by atoms with Gasteiger partial charge in [0.15, 0.2) is 0 Å². The third-order valence-electron chi connectivity index (χ3n) is 9.18. The molecule has 2 aromatic heterocycles. The highest BCUT2D eigenvalue weighted by Gasteiger charge is 2.41. The van der Waals surface area contributed by atoms with E-state index in [1.807, 2.05) is 10.5 Å². The van der Waals surface area contributed by atoms with Crippen molar-refractivity contribution in [1.29, 1.82) is 0 Å². The smallest absolute Gasteiger partial charge is 0.255 e. The minimum Gasteiger partial charge on any atom is -0.275 e. The van der Waals surface area contributed by atoms with Crippen molar-refractivity contribution in [3.8, 4) is 22.7 Å². The zero-order valence-corrected chi connectivity index (χ0v) is 25.8. The van der Waals surface area contributed by atoms with Crippen molar-refractivity contribution in [1.82, 2.24) is 4.40 Å². The van der Waals surface area contributed by atoms with E-state index in [9.17, 15) is 4.79 Å². The molecule has 0 bridgehead atoms. The van der Waals surface area contributed by atoms with Gasteiger partial charge in [0, 0.05) is 22.4 Å². The lowest BCUT2D eigenvalue weighted by Crippen LogP contribution is -2.43. The summed E-state index contributed by atoms with van der Waals surface area (Å²) < 4.78 is 1.91. The molecule has 2 heterocycles. The predicted molar refractivity (Wildman–Crippen MR) is 180 cm³/mol. The Morgan fingerprint density at radius 2 is 1.17 bits per heavy atom. The minimum atomic E-state index is -2.05. The van der Waals surface area contributed by atoms with Gasteiger partial charge in [-0.2, -0.15) is 0 Å². The van der Waals surface area contributed by atoms with Crippen LogP contribution in [0.4, 0.5) is 0 Å². The quantitative estimate of drug-likeness (QED) is 0.121. The average molecular weight is 552 g/mol. The fraction of sp³-hybridized carbons (Fsp3) is 0.237. The summed E-state index contributed by atoms with van der Waals surface area (Å²) in [6.45, 7) is 14.1. The van der Waals surface area contributed by atoms with Crippen LogP contribution in [0.5, 0.6) is 0 Å². The van der Waals surface area contributed by atoms with Gasteiger partial charge in [-0.25, -0.2) is 0 Å². The largest absolute Gasteiger partial charge is 0.275 e. The molecule has 0 atom stereocenters. The summed E-state index contributed by atoms with van der Waals surface area (Å²) in [5.41, 5.74) is 9.26. The Morgan fingerprint density at radius 3 is 1.83 bits per heavy atom. The highest BCUT2D eigenvalue weighted by atomic mass is 28.3. The van der Waals surface area contributed by atoms with Crippen molar-refractivity contribution in [2.45, 2.75) is 58.2 Å². The van der Waals surface area contributed by atoms with Crippen LogP contribution in [0.3, 0.4) is 0 Å². The first-order valence-corrected chi connectivity index (χ1v) is 17.0. The SMILES string of the molecule is CC(C)[Si](C#Cc1c(-c2cc3ccccc3c3ccccc23)n2c(=O)cccc2c2ccccc12)(C(C)C)C(C)C. The third kappa shape index (κ3) is 4.21. The van der Waals surface area contributed by atoms with Gasteiger partial charge in [0.25, 0.3) is 5.56 Å². The topological polar surface area (TPSA) is 21.5 Å². The molecule has 0 aliphatic rings. The van der Waals surface area contributed by atoms with Gasteiger partial charge in [-0.1, -0.05) is 126 Å². The molecule has 0 aliphatic heterocycles. The van der Waals surface area contributed by atoms with Crippen LogP contribution in [0.1, 0.15) is 47.1 Å². The highest BCUT2D eigenvalue weighted by Crippen LogP contribution is 2.42. The lowest BCUT2D eigenvalue weighted by molar-refractivity contribution is 0.838. The molecular weight excluding hydrogens is 515 g/mol. The van der Waals surface area contributed by atoms with Crippen LogP contribution in [0.2, 0.25) is 16.6 Å². The first kappa shape index (κ1) is 27.1. The third-order valence-corrected chi connectivity index (χ3v) is 15.5. The molecule has 204 valence electrons. The summed E-state index contributed by atoms with van der Waals surface area (Å²) in [6, 6.07) is 33.4. The molecule has 0 radical (unpaired) electrons. The van der Waals surface area contributed by atoms with Crippen LogP contribution in [0.15, 0.2) is 102 Å². The maximum atomic E-state index is 13.8. The van der Waals surface area contributed by atoms with Crippen LogP contribution >= 0.6 is 0 Å². The normalized spacial score (nSPS) is 12.2. The lowest BCUT2D eigenvalue weighted by Gasteiger charge is -2.38. The number of rotatable bonds is 4. The van der Waals surface area contributed by atoms with E-state index in [0.29, 0.717) is 16.6 Å². The standard InChI is InChI=1S/C38H37NOSi/c1-25(2)41(26(3)4,27(5)6)23-22-34-32-18-11-12-19-33(32)36-20-13-21-37(40)39(36)38(34)35-24-28-14-7-8-15-29(28)30-16-9-10-17-31(30)35/h7-21,24-27H,1-6H3. The Morgan fingerprint density at radius 1 is 0.610 bits per heavy atom. The van der Waals surface area contributed by atoms with Gasteiger partial charge < -0.3 is 0 Å². The Kier molecular flexibility index (Phi) is 6.84. The van der Waals surface area contributed by atoms with E-state index in [1.165, 1.54) is 10.8 Å². The molecule has 0 spiro atoms. The van der Waals surface area contributed by atoms with Gasteiger partial charge in [-0.3, -0.25) is 9.20 Å². The first-order valence-electron chi connectivity index (χ1n) is 14.8. The Labute approximate surface area is 243 Å². The number of hydrogen-bond donors (Lipinski definition) is 0. The van der Waals surface area contributed by atoms with Gasteiger partial charge in [-0.05, 0) is 50.3 Å². The first-order chi connectivity index (χ1) is 19.8. The highest BCUT2D eigenvalue weighted by molar-refractivity contribution is 6.90. The molecule has 2 nitrogen and oxygen atoms in total. The number of hydrogen-bond acceptors (Lipinski definition) is 1. The second kappa shape index (κ2) is 10.4. The summed E-state index contributed by atoms with van der Waals surface area (Å²) in [6.07, 6.45) is 0. The zero-order valence-electron chi connectivity index (χ0n) is 24.8. The molecule has 0 saturated carbocycles. The fourth-order valence-corrected chi connectivity index (χ4v) is 12.5. The van der Waals surface area contributed by atoms with E-state index >= 15 is 0 Å². The monoisotopic (exact) mass is 551 g/mol. The molecule has 0 aliphatic carbocycles. The summed E-state index contributed by atoms with van der Waals surface area (Å²) in [5.74, 6) is 3.82. The van der Waals surface area contributed by atoms with Crippen molar-refractivity contribution in [2.24, 2.45) is 0 Å².